The van der Waals surface area contributed by atoms with Gasteiger partial charge in [-0.05, 0) is 43.2 Å². The van der Waals surface area contributed by atoms with Crippen LogP contribution in [-0.4, -0.2) is 55.1 Å². The van der Waals surface area contributed by atoms with Gasteiger partial charge in [0.05, 0.1) is 17.5 Å². The van der Waals surface area contributed by atoms with Gasteiger partial charge in [0.25, 0.3) is 0 Å². The van der Waals surface area contributed by atoms with Crippen LogP contribution in [0.5, 0.6) is 0 Å². The highest BCUT2D eigenvalue weighted by atomic mass is 32.2. The number of sulfonamides is 1. The van der Waals surface area contributed by atoms with Crippen LogP contribution >= 0.6 is 0 Å². The van der Waals surface area contributed by atoms with E-state index >= 15 is 0 Å². The largest absolute Gasteiger partial charge is 0.394 e. The van der Waals surface area contributed by atoms with Crippen LogP contribution in [0.3, 0.4) is 0 Å². The van der Waals surface area contributed by atoms with Crippen LogP contribution in [0.4, 0.5) is 5.69 Å². The summed E-state index contributed by atoms with van der Waals surface area (Å²) in [5.74, 6) is 0. The van der Waals surface area contributed by atoms with Crippen LogP contribution in [0.15, 0.2) is 53.4 Å². The monoisotopic (exact) mass is 397 g/mol. The van der Waals surface area contributed by atoms with Crippen molar-refractivity contribution >= 4 is 26.6 Å². The average Bonchev–Trinajstić information content (AvgIpc) is 3.03. The third kappa shape index (κ3) is 2.73. The second-order valence-electron chi connectivity index (χ2n) is 7.53. The Morgan fingerprint density at radius 3 is 2.54 bits per heavy atom. The van der Waals surface area contributed by atoms with E-state index in [-0.39, 0.29) is 12.6 Å². The van der Waals surface area contributed by atoms with Crippen LogP contribution in [0.25, 0.3) is 22.2 Å². The number of aromatic nitrogens is 1. The second-order valence-corrected chi connectivity index (χ2v) is 9.46. The second kappa shape index (κ2) is 6.62. The summed E-state index contributed by atoms with van der Waals surface area (Å²) < 4.78 is 27.4. The molecular formula is C21H23N3O3S. The number of benzene rings is 2. The maximum absolute atomic E-state index is 12.9. The number of hydrogen-bond donors (Lipinski definition) is 2. The van der Waals surface area contributed by atoms with Crippen molar-refractivity contribution in [2.45, 2.75) is 23.8 Å². The number of aliphatic hydroxyl groups excluding tert-OH is 1. The van der Waals surface area contributed by atoms with E-state index in [4.69, 9.17) is 0 Å². The average molecular weight is 398 g/mol. The van der Waals surface area contributed by atoms with Gasteiger partial charge < -0.3 is 15.0 Å². The molecule has 1 unspecified atom stereocenters. The molecule has 0 saturated carbocycles. The minimum atomic E-state index is -3.46. The minimum absolute atomic E-state index is 0.0842. The van der Waals surface area contributed by atoms with E-state index in [1.807, 2.05) is 30.3 Å². The summed E-state index contributed by atoms with van der Waals surface area (Å²) in [6.07, 6.45) is 1.86. The Balaban J connectivity index is 1.65. The fraction of sp³-hybridized carbons (Fsp3) is 0.333. The van der Waals surface area contributed by atoms with Crippen molar-refractivity contribution in [2.75, 3.05) is 31.1 Å². The van der Waals surface area contributed by atoms with Crippen molar-refractivity contribution in [1.29, 1.82) is 0 Å². The third-order valence-electron chi connectivity index (χ3n) is 5.91. The Morgan fingerprint density at radius 1 is 1.07 bits per heavy atom. The van der Waals surface area contributed by atoms with E-state index in [9.17, 15) is 13.5 Å². The Bertz CT molecular complexity index is 1100. The van der Waals surface area contributed by atoms with Crippen molar-refractivity contribution in [3.8, 4) is 11.3 Å². The third-order valence-corrected chi connectivity index (χ3v) is 7.80. The number of H-pyrrole nitrogens is 1. The van der Waals surface area contributed by atoms with E-state index in [2.05, 4.69) is 16.0 Å². The molecule has 2 N–H and O–H groups in total. The molecule has 0 amide bonds. The summed E-state index contributed by atoms with van der Waals surface area (Å²) in [5, 5.41) is 10.7. The predicted octanol–water partition coefficient (Wildman–Crippen LogP) is 2.80. The van der Waals surface area contributed by atoms with Gasteiger partial charge in [-0.3, -0.25) is 0 Å². The first kappa shape index (κ1) is 17.7. The topological polar surface area (TPSA) is 76.6 Å². The lowest BCUT2D eigenvalue weighted by Crippen LogP contribution is -2.50. The van der Waals surface area contributed by atoms with Crippen LogP contribution in [0.2, 0.25) is 0 Å². The van der Waals surface area contributed by atoms with Crippen LogP contribution in [0.1, 0.15) is 12.8 Å². The summed E-state index contributed by atoms with van der Waals surface area (Å²) in [5.41, 5.74) is 3.72. The molecule has 5 rings (SSSR count). The molecule has 1 atom stereocenters. The molecule has 0 aliphatic carbocycles. The lowest BCUT2D eigenvalue weighted by Gasteiger charge is -2.43. The predicted molar refractivity (Wildman–Crippen MR) is 110 cm³/mol. The number of aromatic amines is 1. The molecule has 2 aliphatic heterocycles. The van der Waals surface area contributed by atoms with Gasteiger partial charge in [0, 0.05) is 47.5 Å². The summed E-state index contributed by atoms with van der Waals surface area (Å²) in [7, 11) is -3.46. The van der Waals surface area contributed by atoms with Gasteiger partial charge in [-0.15, -0.1) is 0 Å². The first-order valence-corrected chi connectivity index (χ1v) is 11.1. The van der Waals surface area contributed by atoms with Gasteiger partial charge in [-0.25, -0.2) is 8.42 Å². The molecule has 1 aromatic heterocycles. The first-order chi connectivity index (χ1) is 13.6. The van der Waals surface area contributed by atoms with Gasteiger partial charge in [0.1, 0.15) is 0 Å². The lowest BCUT2D eigenvalue weighted by molar-refractivity contribution is 0.226. The van der Waals surface area contributed by atoms with E-state index in [1.165, 1.54) is 4.31 Å². The van der Waals surface area contributed by atoms with Gasteiger partial charge >= 0.3 is 0 Å². The van der Waals surface area contributed by atoms with Crippen molar-refractivity contribution in [2.24, 2.45) is 0 Å². The maximum Gasteiger partial charge on any atom is 0.243 e. The Kier molecular flexibility index (Phi) is 4.19. The molecule has 0 bridgehead atoms. The molecular weight excluding hydrogens is 374 g/mol. The van der Waals surface area contributed by atoms with Crippen LogP contribution in [-0.2, 0) is 10.0 Å². The molecule has 3 heterocycles. The zero-order valence-corrected chi connectivity index (χ0v) is 16.3. The number of rotatable bonds is 5. The number of fused-ring (bicyclic) bond motifs is 1. The highest BCUT2D eigenvalue weighted by Gasteiger charge is 2.33. The molecule has 3 aromatic rings. The van der Waals surface area contributed by atoms with E-state index < -0.39 is 10.0 Å². The molecule has 7 heteroatoms. The van der Waals surface area contributed by atoms with Crippen molar-refractivity contribution in [3.63, 3.8) is 0 Å². The van der Waals surface area contributed by atoms with Gasteiger partial charge in [-0.2, -0.15) is 4.31 Å². The molecule has 6 nitrogen and oxygen atoms in total. The summed E-state index contributed by atoms with van der Waals surface area (Å²) in [6, 6.07) is 15.5. The van der Waals surface area contributed by atoms with E-state index in [1.54, 1.807) is 12.1 Å². The van der Waals surface area contributed by atoms with Crippen LogP contribution in [0, 0.1) is 0 Å². The molecule has 2 saturated heterocycles. The molecule has 28 heavy (non-hydrogen) atoms. The van der Waals surface area contributed by atoms with Gasteiger partial charge in [-0.1, -0.05) is 18.2 Å². The van der Waals surface area contributed by atoms with E-state index in [0.717, 1.165) is 47.2 Å². The smallest absolute Gasteiger partial charge is 0.243 e. The number of nitrogens with zero attached hydrogens (tertiary/aromatic N) is 2. The Labute approximate surface area is 164 Å². The number of hydrogen-bond acceptors (Lipinski definition) is 4. The Hall–Kier alpha value is -2.35. The standard InChI is InChI=1S/C21H23N3O3S/c25-14-16-8-11-24(16)21-7-6-17(28(26,27)23-9-3-10-23)13-18(21)20-12-15-4-1-2-5-19(15)22-20/h1-2,4-7,12-13,16,22,25H,3,8-11,14H2. The maximum atomic E-state index is 12.9. The quantitative estimate of drug-likeness (QED) is 0.694. The zero-order valence-electron chi connectivity index (χ0n) is 15.5. The first-order valence-electron chi connectivity index (χ1n) is 9.68. The minimum Gasteiger partial charge on any atom is -0.394 e. The number of anilines is 1. The molecule has 0 radical (unpaired) electrons. The lowest BCUT2D eigenvalue weighted by atomic mass is 9.99. The number of aliphatic hydroxyl groups is 1. The molecule has 2 fully saturated rings. The highest BCUT2D eigenvalue weighted by Crippen LogP contribution is 2.39. The normalized spacial score (nSPS) is 20.2. The number of para-hydroxylation sites is 1. The molecule has 2 aromatic carbocycles. The summed E-state index contributed by atoms with van der Waals surface area (Å²) in [6.45, 7) is 2.13. The SMILES string of the molecule is O=S(=O)(c1ccc(N2CCC2CO)c(-c2cc3ccccc3[nH]2)c1)N1CCC1. The Morgan fingerprint density at radius 2 is 1.89 bits per heavy atom. The molecule has 2 aliphatic rings. The summed E-state index contributed by atoms with van der Waals surface area (Å²) in [4.78, 5) is 5.90. The van der Waals surface area contributed by atoms with Crippen molar-refractivity contribution < 1.29 is 13.5 Å². The highest BCUT2D eigenvalue weighted by molar-refractivity contribution is 7.89. The van der Waals surface area contributed by atoms with Gasteiger partial charge in [0.2, 0.25) is 10.0 Å². The van der Waals surface area contributed by atoms with Crippen molar-refractivity contribution in [3.05, 3.63) is 48.5 Å². The fourth-order valence-corrected chi connectivity index (χ4v) is 5.53. The fourth-order valence-electron chi connectivity index (χ4n) is 3.98. The van der Waals surface area contributed by atoms with Gasteiger partial charge in [0.15, 0.2) is 0 Å². The molecule has 146 valence electrons. The van der Waals surface area contributed by atoms with Crippen molar-refractivity contribution in [1.82, 2.24) is 9.29 Å². The summed E-state index contributed by atoms with van der Waals surface area (Å²) >= 11 is 0. The van der Waals surface area contributed by atoms with E-state index in [0.29, 0.717) is 18.0 Å². The van der Waals surface area contributed by atoms with Crippen LogP contribution < -0.4 is 4.90 Å². The molecule has 0 spiro atoms. The zero-order chi connectivity index (χ0) is 19.3. The number of nitrogens with one attached hydrogen (secondary N) is 1.